The molecule has 1 N–H and O–H groups in total. The Morgan fingerprint density at radius 3 is 2.57 bits per heavy atom. The van der Waals surface area contributed by atoms with Crippen molar-refractivity contribution in [3.63, 3.8) is 0 Å². The van der Waals surface area contributed by atoms with Gasteiger partial charge in [-0.3, -0.25) is 9.10 Å². The van der Waals surface area contributed by atoms with Crippen molar-refractivity contribution in [3.8, 4) is 11.5 Å². The normalized spacial score (nSPS) is 11.1. The number of halogens is 2. The van der Waals surface area contributed by atoms with E-state index >= 15 is 0 Å². The highest BCUT2D eigenvalue weighted by atomic mass is 35.5. The van der Waals surface area contributed by atoms with E-state index in [1.807, 2.05) is 12.1 Å². The van der Waals surface area contributed by atoms with Gasteiger partial charge in [0, 0.05) is 24.1 Å². The third-order valence-electron chi connectivity index (χ3n) is 4.08. The second-order valence-electron chi connectivity index (χ2n) is 6.41. The minimum Gasteiger partial charge on any atom is -0.497 e. The van der Waals surface area contributed by atoms with Gasteiger partial charge in [0.1, 0.15) is 18.1 Å². The van der Waals surface area contributed by atoms with E-state index in [-0.39, 0.29) is 23.9 Å². The van der Waals surface area contributed by atoms with Gasteiger partial charge in [-0.2, -0.15) is 0 Å². The average molecular weight is 475 g/mol. The van der Waals surface area contributed by atoms with E-state index < -0.39 is 10.0 Å². The number of carbonyl (C=O) groups is 1. The molecule has 0 bridgehead atoms. The van der Waals surface area contributed by atoms with Crippen molar-refractivity contribution >= 4 is 44.8 Å². The van der Waals surface area contributed by atoms with Gasteiger partial charge in [0.05, 0.1) is 30.6 Å². The van der Waals surface area contributed by atoms with E-state index in [0.717, 1.165) is 10.6 Å². The molecule has 0 unspecified atom stereocenters. The summed E-state index contributed by atoms with van der Waals surface area (Å²) in [4.78, 5) is 12.0. The molecule has 0 saturated heterocycles. The summed E-state index contributed by atoms with van der Waals surface area (Å²) >= 11 is 12.1. The number of methoxy groups -OCH3 is 1. The minimum absolute atomic E-state index is 0.104. The van der Waals surface area contributed by atoms with Gasteiger partial charge >= 0.3 is 0 Å². The molecule has 0 aliphatic rings. The number of hydrogen-bond acceptors (Lipinski definition) is 5. The van der Waals surface area contributed by atoms with Crippen LogP contribution in [0.25, 0.3) is 0 Å². The average Bonchev–Trinajstić information content (AvgIpc) is 2.70. The number of nitrogens with one attached hydrogen (secondary N) is 1. The van der Waals surface area contributed by atoms with Gasteiger partial charge in [-0.15, -0.1) is 0 Å². The molecule has 0 atom stereocenters. The number of carbonyl (C=O) groups excluding carboxylic acids is 1. The molecule has 1 amide bonds. The first-order valence-electron chi connectivity index (χ1n) is 9.17. The Morgan fingerprint density at radius 2 is 1.87 bits per heavy atom. The predicted octanol–water partition coefficient (Wildman–Crippen LogP) is 3.74. The minimum atomic E-state index is -3.58. The van der Waals surface area contributed by atoms with E-state index in [2.05, 4.69) is 5.32 Å². The maximum Gasteiger partial charge on any atom is 0.232 e. The first-order chi connectivity index (χ1) is 14.2. The molecule has 10 heteroatoms. The summed E-state index contributed by atoms with van der Waals surface area (Å²) < 4.78 is 36.2. The van der Waals surface area contributed by atoms with E-state index in [0.29, 0.717) is 41.8 Å². The quantitative estimate of drug-likeness (QED) is 0.501. The van der Waals surface area contributed by atoms with Crippen molar-refractivity contribution in [2.24, 2.45) is 0 Å². The Morgan fingerprint density at radius 1 is 1.13 bits per heavy atom. The Hall–Kier alpha value is -2.16. The summed E-state index contributed by atoms with van der Waals surface area (Å²) in [5.74, 6) is 1.13. The summed E-state index contributed by atoms with van der Waals surface area (Å²) in [6.45, 7) is 0.727. The van der Waals surface area contributed by atoms with Crippen LogP contribution < -0.4 is 19.1 Å². The van der Waals surface area contributed by atoms with Crippen LogP contribution >= 0.6 is 23.2 Å². The van der Waals surface area contributed by atoms with Gasteiger partial charge < -0.3 is 14.8 Å². The zero-order valence-corrected chi connectivity index (χ0v) is 19.1. The van der Waals surface area contributed by atoms with Gasteiger partial charge in [-0.1, -0.05) is 29.3 Å². The second kappa shape index (κ2) is 11.3. The smallest absolute Gasteiger partial charge is 0.232 e. The number of hydrogen-bond donors (Lipinski definition) is 1. The van der Waals surface area contributed by atoms with Crippen molar-refractivity contribution in [2.45, 2.75) is 12.8 Å². The zero-order chi connectivity index (χ0) is 22.1. The molecule has 2 aromatic rings. The molecule has 0 aliphatic carbocycles. The lowest BCUT2D eigenvalue weighted by atomic mass is 10.2. The molecule has 0 fully saturated rings. The standard InChI is InChI=1S/C20H24Cl2N2O5S/c1-28-16-5-3-6-17(14-16)29-12-10-23-20(25)7-4-11-24(30(2,26)27)19-13-15(21)8-9-18(19)22/h3,5-6,8-9,13-14H,4,7,10-12H2,1-2H3,(H,23,25). The number of amides is 1. The lowest BCUT2D eigenvalue weighted by molar-refractivity contribution is -0.121. The van der Waals surface area contributed by atoms with Crippen LogP contribution in [-0.4, -0.2) is 47.4 Å². The number of anilines is 1. The lowest BCUT2D eigenvalue weighted by Crippen LogP contribution is -2.33. The highest BCUT2D eigenvalue weighted by Crippen LogP contribution is 2.30. The molecule has 2 aromatic carbocycles. The molecule has 0 saturated carbocycles. The maximum absolute atomic E-state index is 12.2. The first kappa shape index (κ1) is 24.1. The molecule has 2 rings (SSSR count). The van der Waals surface area contributed by atoms with Crippen LogP contribution in [0.2, 0.25) is 10.0 Å². The molecule has 0 spiro atoms. The molecule has 0 aromatic heterocycles. The highest BCUT2D eigenvalue weighted by Gasteiger charge is 2.20. The third-order valence-corrected chi connectivity index (χ3v) is 5.81. The summed E-state index contributed by atoms with van der Waals surface area (Å²) in [5, 5.41) is 3.38. The Kier molecular flexibility index (Phi) is 9.08. The number of sulfonamides is 1. The number of ether oxygens (including phenoxy) is 2. The van der Waals surface area contributed by atoms with Crippen LogP contribution in [0.1, 0.15) is 12.8 Å². The fourth-order valence-corrected chi connectivity index (χ4v) is 4.07. The first-order valence-corrected chi connectivity index (χ1v) is 11.8. The number of rotatable bonds is 11. The van der Waals surface area contributed by atoms with Crippen molar-refractivity contribution in [2.75, 3.05) is 37.4 Å². The van der Waals surface area contributed by atoms with Gasteiger partial charge in [-0.05, 0) is 36.8 Å². The van der Waals surface area contributed by atoms with Gasteiger partial charge in [0.2, 0.25) is 15.9 Å². The van der Waals surface area contributed by atoms with Gasteiger partial charge in [-0.25, -0.2) is 8.42 Å². The van der Waals surface area contributed by atoms with Crippen molar-refractivity contribution < 1.29 is 22.7 Å². The van der Waals surface area contributed by atoms with Crippen molar-refractivity contribution in [1.29, 1.82) is 0 Å². The molecule has 164 valence electrons. The maximum atomic E-state index is 12.2. The summed E-state index contributed by atoms with van der Waals surface area (Å²) in [7, 11) is -2.01. The fourth-order valence-electron chi connectivity index (χ4n) is 2.66. The van der Waals surface area contributed by atoms with Crippen LogP contribution in [0.4, 0.5) is 5.69 Å². The van der Waals surface area contributed by atoms with E-state index in [4.69, 9.17) is 32.7 Å². The van der Waals surface area contributed by atoms with Gasteiger partial charge in [0.15, 0.2) is 0 Å². The predicted molar refractivity (Wildman–Crippen MR) is 119 cm³/mol. The van der Waals surface area contributed by atoms with E-state index in [1.165, 1.54) is 12.1 Å². The van der Waals surface area contributed by atoms with Crippen LogP contribution in [-0.2, 0) is 14.8 Å². The molecular formula is C20H24Cl2N2O5S. The lowest BCUT2D eigenvalue weighted by Gasteiger charge is -2.23. The van der Waals surface area contributed by atoms with Crippen LogP contribution in [0.15, 0.2) is 42.5 Å². The van der Waals surface area contributed by atoms with Crippen molar-refractivity contribution in [1.82, 2.24) is 5.32 Å². The van der Waals surface area contributed by atoms with Gasteiger partial charge in [0.25, 0.3) is 0 Å². The highest BCUT2D eigenvalue weighted by molar-refractivity contribution is 7.92. The molecule has 7 nitrogen and oxygen atoms in total. The van der Waals surface area contributed by atoms with E-state index in [9.17, 15) is 13.2 Å². The molecule has 0 radical (unpaired) electrons. The number of nitrogens with zero attached hydrogens (tertiary/aromatic N) is 1. The van der Waals surface area contributed by atoms with Crippen LogP contribution in [0, 0.1) is 0 Å². The van der Waals surface area contributed by atoms with E-state index in [1.54, 1.807) is 25.3 Å². The molecular weight excluding hydrogens is 451 g/mol. The third kappa shape index (κ3) is 7.59. The topological polar surface area (TPSA) is 84.9 Å². The second-order valence-corrected chi connectivity index (χ2v) is 9.16. The van der Waals surface area contributed by atoms with Crippen LogP contribution in [0.5, 0.6) is 11.5 Å². The SMILES string of the molecule is COc1cccc(OCCNC(=O)CCCN(c2cc(Cl)ccc2Cl)S(C)(=O)=O)c1. The summed E-state index contributed by atoms with van der Waals surface area (Å²) in [6.07, 6.45) is 1.56. The molecule has 0 heterocycles. The Balaban J connectivity index is 1.79. The molecule has 30 heavy (non-hydrogen) atoms. The fraction of sp³-hybridized carbons (Fsp3) is 0.350. The van der Waals surface area contributed by atoms with Crippen molar-refractivity contribution in [3.05, 3.63) is 52.5 Å². The van der Waals surface area contributed by atoms with Crippen LogP contribution in [0.3, 0.4) is 0 Å². The Labute approximate surface area is 186 Å². The monoisotopic (exact) mass is 474 g/mol. The largest absolute Gasteiger partial charge is 0.497 e. The zero-order valence-electron chi connectivity index (χ0n) is 16.7. The number of benzene rings is 2. The Bertz CT molecular complexity index is 969. The molecule has 0 aliphatic heterocycles. The summed E-state index contributed by atoms with van der Waals surface area (Å²) in [6, 6.07) is 11.8. The summed E-state index contributed by atoms with van der Waals surface area (Å²) in [5.41, 5.74) is 0.291.